The van der Waals surface area contributed by atoms with Gasteiger partial charge in [0.1, 0.15) is 5.82 Å². The monoisotopic (exact) mass is 392 g/mol. The molecule has 2 aromatic rings. The molecule has 1 unspecified atom stereocenters. The van der Waals surface area contributed by atoms with Crippen LogP contribution in [0.3, 0.4) is 0 Å². The van der Waals surface area contributed by atoms with E-state index in [0.717, 1.165) is 17.7 Å². The van der Waals surface area contributed by atoms with E-state index in [-0.39, 0.29) is 22.4 Å². The molecule has 1 atom stereocenters. The van der Waals surface area contributed by atoms with Crippen LogP contribution in [0.4, 0.5) is 4.39 Å². The summed E-state index contributed by atoms with van der Waals surface area (Å²) < 4.78 is 40.8. The molecule has 0 spiro atoms. The number of benzene rings is 2. The number of nitrogens with two attached hydrogens (primary N) is 1. The van der Waals surface area contributed by atoms with Gasteiger partial charge in [0.05, 0.1) is 16.0 Å². The molecule has 27 heavy (non-hydrogen) atoms. The normalized spacial score (nSPS) is 16.6. The first-order valence-electron chi connectivity index (χ1n) is 8.15. The van der Waals surface area contributed by atoms with Crippen molar-refractivity contribution >= 4 is 21.9 Å². The van der Waals surface area contributed by atoms with Crippen molar-refractivity contribution in [3.8, 4) is 0 Å². The molecule has 4 N–H and O–H groups in total. The maximum Gasteiger partial charge on any atom is 0.336 e. The van der Waals surface area contributed by atoms with Crippen molar-refractivity contribution in [2.75, 3.05) is 0 Å². The molecular formula is C18H17FN2O5S. The van der Waals surface area contributed by atoms with Gasteiger partial charge >= 0.3 is 5.97 Å². The van der Waals surface area contributed by atoms with Crippen LogP contribution >= 0.6 is 0 Å². The van der Waals surface area contributed by atoms with Gasteiger partial charge in [0.2, 0.25) is 15.9 Å². The number of nitrogens with one attached hydrogen (secondary N) is 1. The van der Waals surface area contributed by atoms with E-state index in [1.54, 1.807) is 6.07 Å². The summed E-state index contributed by atoms with van der Waals surface area (Å²) in [6.45, 7) is 0. The Bertz CT molecular complexity index is 1040. The first-order valence-corrected chi connectivity index (χ1v) is 9.63. The summed E-state index contributed by atoms with van der Waals surface area (Å²) in [4.78, 5) is 23.0. The second kappa shape index (κ2) is 7.09. The van der Waals surface area contributed by atoms with Crippen LogP contribution in [0, 0.1) is 5.82 Å². The van der Waals surface area contributed by atoms with Crippen molar-refractivity contribution in [1.82, 2.24) is 4.72 Å². The maximum atomic E-state index is 13.3. The zero-order chi connectivity index (χ0) is 19.8. The number of sulfonamides is 1. The Morgan fingerprint density at radius 1 is 1.22 bits per heavy atom. The van der Waals surface area contributed by atoms with E-state index in [4.69, 9.17) is 5.73 Å². The van der Waals surface area contributed by atoms with Gasteiger partial charge in [-0.15, -0.1) is 0 Å². The number of carboxylic acid groups (broad SMARTS) is 1. The van der Waals surface area contributed by atoms with Crippen molar-refractivity contribution in [1.29, 1.82) is 0 Å². The van der Waals surface area contributed by atoms with E-state index in [9.17, 15) is 27.5 Å². The minimum absolute atomic E-state index is 0.102. The fourth-order valence-corrected chi connectivity index (χ4v) is 4.62. The van der Waals surface area contributed by atoms with Crippen LogP contribution in [0.25, 0.3) is 0 Å². The molecule has 9 heteroatoms. The molecule has 0 radical (unpaired) electrons. The minimum Gasteiger partial charge on any atom is -0.478 e. The van der Waals surface area contributed by atoms with Crippen molar-refractivity contribution in [2.45, 2.75) is 30.2 Å². The van der Waals surface area contributed by atoms with Crippen molar-refractivity contribution < 1.29 is 27.5 Å². The summed E-state index contributed by atoms with van der Waals surface area (Å²) in [5.74, 6) is -2.83. The Kier molecular flexibility index (Phi) is 4.99. The van der Waals surface area contributed by atoms with Gasteiger partial charge in [-0.2, -0.15) is 0 Å². The summed E-state index contributed by atoms with van der Waals surface area (Å²) in [5, 5.41) is 9.29. The number of rotatable bonds is 5. The Hall–Kier alpha value is -2.78. The van der Waals surface area contributed by atoms with E-state index in [1.165, 1.54) is 18.2 Å². The summed E-state index contributed by atoms with van der Waals surface area (Å²) in [5.41, 5.74) is 6.25. The van der Waals surface area contributed by atoms with Gasteiger partial charge in [-0.25, -0.2) is 22.3 Å². The molecule has 0 aromatic heterocycles. The fraction of sp³-hybridized carbons (Fsp3) is 0.222. The van der Waals surface area contributed by atoms with Gasteiger partial charge in [0, 0.05) is 6.04 Å². The van der Waals surface area contributed by atoms with E-state index < -0.39 is 33.8 Å². The maximum absolute atomic E-state index is 13.3. The molecule has 0 saturated heterocycles. The van der Waals surface area contributed by atoms with Crippen LogP contribution in [0.5, 0.6) is 0 Å². The second-order valence-electron chi connectivity index (χ2n) is 6.31. The van der Waals surface area contributed by atoms with Crippen LogP contribution in [0.2, 0.25) is 0 Å². The third kappa shape index (κ3) is 3.83. The van der Waals surface area contributed by atoms with Gasteiger partial charge in [0.15, 0.2) is 0 Å². The molecule has 0 fully saturated rings. The number of primary amides is 1. The third-order valence-corrected chi connectivity index (χ3v) is 6.05. The topological polar surface area (TPSA) is 127 Å². The Balaban J connectivity index is 1.93. The van der Waals surface area contributed by atoms with Crippen molar-refractivity contribution in [3.05, 3.63) is 64.5 Å². The number of fused-ring (bicyclic) bond motifs is 1. The second-order valence-corrected chi connectivity index (χ2v) is 8.03. The quantitative estimate of drug-likeness (QED) is 0.710. The molecule has 7 nitrogen and oxygen atoms in total. The standard InChI is InChI=1S/C18H17FN2O5S/c19-11-2-1-3-13(8-11)27(25,26)21-12-6-4-10-5-7-14(18(23)24)16(17(20)22)15(10)9-12/h1-3,5,7-8,12,21H,4,6,9H2,(H2,20,22)(H,23,24). The van der Waals surface area contributed by atoms with Gasteiger partial charge < -0.3 is 10.8 Å². The van der Waals surface area contributed by atoms with Gasteiger partial charge in [0.25, 0.3) is 0 Å². The van der Waals surface area contributed by atoms with Gasteiger partial charge in [-0.1, -0.05) is 12.1 Å². The van der Waals surface area contributed by atoms with Gasteiger partial charge in [-0.05, 0) is 54.7 Å². The first kappa shape index (κ1) is 19.0. The lowest BCUT2D eigenvalue weighted by Gasteiger charge is -2.27. The highest BCUT2D eigenvalue weighted by Crippen LogP contribution is 2.28. The van der Waals surface area contributed by atoms with E-state index in [2.05, 4.69) is 4.72 Å². The van der Waals surface area contributed by atoms with Crippen LogP contribution < -0.4 is 10.5 Å². The number of hydrogen-bond acceptors (Lipinski definition) is 4. The minimum atomic E-state index is -3.97. The number of carbonyl (C=O) groups excluding carboxylic acids is 1. The molecule has 1 amide bonds. The Labute approximate surface area is 155 Å². The van der Waals surface area contributed by atoms with Crippen molar-refractivity contribution in [3.63, 3.8) is 0 Å². The lowest BCUT2D eigenvalue weighted by atomic mass is 9.83. The smallest absolute Gasteiger partial charge is 0.336 e. The molecule has 0 saturated carbocycles. The number of aryl methyl sites for hydroxylation is 1. The highest BCUT2D eigenvalue weighted by atomic mass is 32.2. The number of aromatic carboxylic acids is 1. The zero-order valence-electron chi connectivity index (χ0n) is 14.1. The molecular weight excluding hydrogens is 375 g/mol. The molecule has 142 valence electrons. The first-order chi connectivity index (χ1) is 12.7. The molecule has 0 heterocycles. The van der Waals surface area contributed by atoms with Crippen molar-refractivity contribution in [2.24, 2.45) is 5.73 Å². The lowest BCUT2D eigenvalue weighted by Crippen LogP contribution is -2.39. The Morgan fingerprint density at radius 3 is 2.59 bits per heavy atom. The average Bonchev–Trinajstić information content (AvgIpc) is 2.60. The summed E-state index contributed by atoms with van der Waals surface area (Å²) >= 11 is 0. The largest absolute Gasteiger partial charge is 0.478 e. The lowest BCUT2D eigenvalue weighted by molar-refractivity contribution is 0.0691. The van der Waals surface area contributed by atoms with E-state index >= 15 is 0 Å². The summed E-state index contributed by atoms with van der Waals surface area (Å²) in [6, 6.07) is 7.00. The number of halogens is 1. The van der Waals surface area contributed by atoms with E-state index in [1.807, 2.05) is 0 Å². The van der Waals surface area contributed by atoms with Gasteiger partial charge in [-0.3, -0.25) is 4.79 Å². The fourth-order valence-electron chi connectivity index (χ4n) is 3.32. The predicted octanol–water partition coefficient (Wildman–Crippen LogP) is 1.46. The number of hydrogen-bond donors (Lipinski definition) is 3. The summed E-state index contributed by atoms with van der Waals surface area (Å²) in [6.07, 6.45) is 1.02. The molecule has 0 bridgehead atoms. The number of carbonyl (C=O) groups is 2. The summed E-state index contributed by atoms with van der Waals surface area (Å²) in [7, 11) is -3.97. The SMILES string of the molecule is NC(=O)c1c(C(=O)O)ccc2c1CC(NS(=O)(=O)c1cccc(F)c1)CC2. The number of amides is 1. The average molecular weight is 392 g/mol. The highest BCUT2D eigenvalue weighted by molar-refractivity contribution is 7.89. The zero-order valence-corrected chi connectivity index (χ0v) is 14.9. The molecule has 1 aliphatic carbocycles. The Morgan fingerprint density at radius 2 is 1.96 bits per heavy atom. The molecule has 2 aromatic carbocycles. The highest BCUT2D eigenvalue weighted by Gasteiger charge is 2.29. The van der Waals surface area contributed by atoms with Crippen LogP contribution in [-0.2, 0) is 22.9 Å². The third-order valence-electron chi connectivity index (χ3n) is 4.53. The molecule has 1 aliphatic rings. The molecule has 3 rings (SSSR count). The van der Waals surface area contributed by atoms with E-state index in [0.29, 0.717) is 18.4 Å². The number of carboxylic acids is 1. The van der Waals surface area contributed by atoms with Crippen LogP contribution in [-0.4, -0.2) is 31.4 Å². The van der Waals surface area contributed by atoms with Crippen LogP contribution in [0.1, 0.15) is 38.3 Å². The van der Waals surface area contributed by atoms with Crippen LogP contribution in [0.15, 0.2) is 41.3 Å². The predicted molar refractivity (Wildman–Crippen MR) is 94.5 cm³/mol. The molecule has 0 aliphatic heterocycles.